The first-order chi connectivity index (χ1) is 10.8. The summed E-state index contributed by atoms with van der Waals surface area (Å²) in [7, 11) is 1.57. The van der Waals surface area contributed by atoms with Crippen LogP contribution in [0, 0.1) is 0 Å². The zero-order valence-corrected chi connectivity index (χ0v) is 12.2. The second-order valence-corrected chi connectivity index (χ2v) is 4.78. The van der Waals surface area contributed by atoms with Crippen molar-refractivity contribution in [3.8, 4) is 11.5 Å². The number of hydrogen-bond acceptors (Lipinski definition) is 4. The molecule has 0 aliphatic rings. The van der Waals surface area contributed by atoms with Crippen LogP contribution < -0.4 is 9.47 Å². The lowest BCUT2D eigenvalue weighted by atomic mass is 10.1. The van der Waals surface area contributed by atoms with Gasteiger partial charge in [-0.05, 0) is 24.3 Å². The lowest BCUT2D eigenvalue weighted by molar-refractivity contribution is 0.0922. The Labute approximate surface area is 128 Å². The zero-order valence-electron chi connectivity index (χ0n) is 12.2. The number of pyridine rings is 1. The molecule has 0 unspecified atom stereocenters. The molecular weight excluding hydrogens is 278 g/mol. The summed E-state index contributed by atoms with van der Waals surface area (Å²) in [5.41, 5.74) is 1.32. The summed E-state index contributed by atoms with van der Waals surface area (Å²) in [5, 5.41) is 0.980. The number of ketones is 1. The Morgan fingerprint density at radius 1 is 1.09 bits per heavy atom. The quantitative estimate of drug-likeness (QED) is 0.675. The molecule has 0 N–H and O–H groups in total. The Morgan fingerprint density at radius 2 is 1.91 bits per heavy atom. The van der Waals surface area contributed by atoms with Gasteiger partial charge in [-0.1, -0.05) is 30.3 Å². The van der Waals surface area contributed by atoms with Crippen molar-refractivity contribution in [2.24, 2.45) is 0 Å². The van der Waals surface area contributed by atoms with Crippen molar-refractivity contribution < 1.29 is 14.3 Å². The van der Waals surface area contributed by atoms with E-state index in [4.69, 9.17) is 9.47 Å². The number of carbonyl (C=O) groups excluding carboxylic acids is 1. The van der Waals surface area contributed by atoms with E-state index in [1.807, 2.05) is 30.3 Å². The van der Waals surface area contributed by atoms with E-state index in [1.54, 1.807) is 37.6 Å². The molecule has 4 heteroatoms. The van der Waals surface area contributed by atoms with Crippen molar-refractivity contribution in [2.75, 3.05) is 13.7 Å². The summed E-state index contributed by atoms with van der Waals surface area (Å²) in [6.45, 7) is -0.0388. The van der Waals surface area contributed by atoms with Gasteiger partial charge in [0.25, 0.3) is 0 Å². The van der Waals surface area contributed by atoms with Crippen LogP contribution in [-0.4, -0.2) is 24.5 Å². The number of para-hydroxylation sites is 1. The van der Waals surface area contributed by atoms with Crippen LogP contribution in [-0.2, 0) is 0 Å². The van der Waals surface area contributed by atoms with Crippen molar-refractivity contribution >= 4 is 16.7 Å². The van der Waals surface area contributed by atoms with Crippen LogP contribution in [0.1, 0.15) is 10.4 Å². The maximum absolute atomic E-state index is 12.2. The number of ether oxygens (including phenoxy) is 2. The second kappa shape index (κ2) is 6.26. The molecule has 1 heterocycles. The number of rotatable bonds is 5. The van der Waals surface area contributed by atoms with Crippen molar-refractivity contribution in [3.63, 3.8) is 0 Å². The highest BCUT2D eigenvalue weighted by atomic mass is 16.5. The van der Waals surface area contributed by atoms with E-state index in [0.29, 0.717) is 17.1 Å². The van der Waals surface area contributed by atoms with Gasteiger partial charge in [-0.25, -0.2) is 0 Å². The molecule has 4 nitrogen and oxygen atoms in total. The summed E-state index contributed by atoms with van der Waals surface area (Å²) in [6, 6.07) is 16.5. The average molecular weight is 293 g/mol. The third-order valence-electron chi connectivity index (χ3n) is 3.35. The van der Waals surface area contributed by atoms with E-state index in [9.17, 15) is 4.79 Å². The lowest BCUT2D eigenvalue weighted by Gasteiger charge is -2.08. The molecule has 3 aromatic rings. The predicted molar refractivity (Wildman–Crippen MR) is 84.6 cm³/mol. The van der Waals surface area contributed by atoms with E-state index in [2.05, 4.69) is 4.98 Å². The van der Waals surface area contributed by atoms with Crippen molar-refractivity contribution in [2.45, 2.75) is 0 Å². The fraction of sp³-hybridized carbons (Fsp3) is 0.111. The maximum atomic E-state index is 12.2. The highest BCUT2D eigenvalue weighted by molar-refractivity contribution is 5.97. The van der Waals surface area contributed by atoms with E-state index in [0.717, 1.165) is 10.9 Å². The van der Waals surface area contributed by atoms with E-state index < -0.39 is 0 Å². The second-order valence-electron chi connectivity index (χ2n) is 4.78. The fourth-order valence-electron chi connectivity index (χ4n) is 2.22. The molecule has 0 amide bonds. The molecule has 0 atom stereocenters. The highest BCUT2D eigenvalue weighted by Crippen LogP contribution is 2.23. The molecule has 2 aromatic carbocycles. The van der Waals surface area contributed by atoms with Gasteiger partial charge in [0, 0.05) is 17.1 Å². The van der Waals surface area contributed by atoms with Gasteiger partial charge in [0.15, 0.2) is 12.4 Å². The lowest BCUT2D eigenvalue weighted by Crippen LogP contribution is -2.12. The Balaban J connectivity index is 1.77. The van der Waals surface area contributed by atoms with Gasteiger partial charge in [0.2, 0.25) is 0 Å². The standard InChI is InChI=1S/C18H15NO3/c1-21-15-8-2-6-14(11-15)16(20)12-22-17-9-3-5-13-7-4-10-19-18(13)17/h2-11H,12H2,1H3. The summed E-state index contributed by atoms with van der Waals surface area (Å²) >= 11 is 0. The van der Waals surface area contributed by atoms with Gasteiger partial charge in [-0.2, -0.15) is 0 Å². The van der Waals surface area contributed by atoms with Crippen LogP contribution >= 0.6 is 0 Å². The van der Waals surface area contributed by atoms with Crippen molar-refractivity contribution in [1.82, 2.24) is 4.98 Å². The van der Waals surface area contributed by atoms with Gasteiger partial charge in [0.1, 0.15) is 17.0 Å². The Morgan fingerprint density at radius 3 is 2.77 bits per heavy atom. The van der Waals surface area contributed by atoms with E-state index in [-0.39, 0.29) is 12.4 Å². The Kier molecular flexibility index (Phi) is 4.01. The molecule has 3 rings (SSSR count). The monoisotopic (exact) mass is 293 g/mol. The minimum Gasteiger partial charge on any atom is -0.497 e. The largest absolute Gasteiger partial charge is 0.497 e. The molecule has 0 aliphatic carbocycles. The Hall–Kier alpha value is -2.88. The van der Waals surface area contributed by atoms with Crippen molar-refractivity contribution in [1.29, 1.82) is 0 Å². The van der Waals surface area contributed by atoms with Crippen LogP contribution in [0.2, 0.25) is 0 Å². The molecule has 0 saturated carbocycles. The number of nitrogens with zero attached hydrogens (tertiary/aromatic N) is 1. The van der Waals surface area contributed by atoms with Gasteiger partial charge < -0.3 is 9.47 Å². The van der Waals surface area contributed by atoms with Gasteiger partial charge in [-0.15, -0.1) is 0 Å². The molecule has 0 spiro atoms. The highest BCUT2D eigenvalue weighted by Gasteiger charge is 2.09. The first-order valence-electron chi connectivity index (χ1n) is 6.92. The summed E-state index contributed by atoms with van der Waals surface area (Å²) in [5.74, 6) is 1.15. The van der Waals surface area contributed by atoms with Crippen LogP contribution in [0.25, 0.3) is 10.9 Å². The molecule has 0 bridgehead atoms. The normalized spacial score (nSPS) is 10.4. The fourth-order valence-corrected chi connectivity index (χ4v) is 2.22. The third-order valence-corrected chi connectivity index (χ3v) is 3.35. The SMILES string of the molecule is COc1cccc(C(=O)COc2cccc3cccnc23)c1. The van der Waals surface area contributed by atoms with Crippen LogP contribution in [0.15, 0.2) is 60.8 Å². The summed E-state index contributed by atoms with van der Waals surface area (Å²) in [6.07, 6.45) is 1.71. The third kappa shape index (κ3) is 2.91. The Bertz CT molecular complexity index is 809. The average Bonchev–Trinajstić information content (AvgIpc) is 2.59. The number of benzene rings is 2. The molecule has 1 aromatic heterocycles. The van der Waals surface area contributed by atoms with Gasteiger partial charge in [0.05, 0.1) is 7.11 Å². The summed E-state index contributed by atoms with van der Waals surface area (Å²) < 4.78 is 10.8. The summed E-state index contributed by atoms with van der Waals surface area (Å²) in [4.78, 5) is 16.5. The van der Waals surface area contributed by atoms with E-state index in [1.165, 1.54) is 0 Å². The molecule has 0 aliphatic heterocycles. The van der Waals surface area contributed by atoms with Gasteiger partial charge >= 0.3 is 0 Å². The van der Waals surface area contributed by atoms with E-state index >= 15 is 0 Å². The minimum absolute atomic E-state index is 0.0388. The number of fused-ring (bicyclic) bond motifs is 1. The number of aromatic nitrogens is 1. The molecule has 0 saturated heterocycles. The maximum Gasteiger partial charge on any atom is 0.200 e. The molecule has 110 valence electrons. The number of methoxy groups -OCH3 is 1. The smallest absolute Gasteiger partial charge is 0.200 e. The molecular formula is C18H15NO3. The van der Waals surface area contributed by atoms with Gasteiger partial charge in [-0.3, -0.25) is 9.78 Å². The molecule has 0 radical (unpaired) electrons. The van der Waals surface area contributed by atoms with Crippen LogP contribution in [0.5, 0.6) is 11.5 Å². The number of hydrogen-bond donors (Lipinski definition) is 0. The van der Waals surface area contributed by atoms with Crippen LogP contribution in [0.4, 0.5) is 0 Å². The first-order valence-corrected chi connectivity index (χ1v) is 6.92. The van der Waals surface area contributed by atoms with Crippen molar-refractivity contribution in [3.05, 3.63) is 66.4 Å². The molecule has 0 fully saturated rings. The zero-order chi connectivity index (χ0) is 15.4. The van der Waals surface area contributed by atoms with Crippen LogP contribution in [0.3, 0.4) is 0 Å². The predicted octanol–water partition coefficient (Wildman–Crippen LogP) is 3.51. The number of carbonyl (C=O) groups is 1. The first kappa shape index (κ1) is 14.1. The minimum atomic E-state index is -0.105. The number of Topliss-reactive ketones (excluding diaryl/α,β-unsaturated/α-hetero) is 1. The topological polar surface area (TPSA) is 48.4 Å². The molecule has 22 heavy (non-hydrogen) atoms.